The van der Waals surface area contributed by atoms with Crippen LogP contribution in [0.1, 0.15) is 12.5 Å². The summed E-state index contributed by atoms with van der Waals surface area (Å²) in [5, 5.41) is 7.72. The molecule has 0 aliphatic rings. The molecule has 0 atom stereocenters. The molecule has 0 aliphatic carbocycles. The largest absolute Gasteiger partial charge is 0.493 e. The first-order chi connectivity index (χ1) is 7.63. The molecule has 1 N–H and O–H groups in total. The summed E-state index contributed by atoms with van der Waals surface area (Å²) in [7, 11) is 3.12. The first kappa shape index (κ1) is 12.8. The first-order valence-corrected chi connectivity index (χ1v) is 5.56. The fraction of sp³-hybridized carbons (Fsp3) is 0.364. The Bertz CT molecular complexity index is 393. The Kier molecular flexibility index (Phi) is 4.61. The molecule has 0 radical (unpaired) electrons. The maximum Gasteiger partial charge on any atom is 0.214 e. The van der Waals surface area contributed by atoms with Crippen LogP contribution in [0, 0.1) is 5.41 Å². The second-order valence-corrected chi connectivity index (χ2v) is 3.80. The normalized spacial score (nSPS) is 9.75. The number of ether oxygens (including phenoxy) is 3. The van der Waals surface area contributed by atoms with Crippen molar-refractivity contribution in [2.24, 2.45) is 0 Å². The van der Waals surface area contributed by atoms with Gasteiger partial charge in [-0.25, -0.2) is 0 Å². The summed E-state index contributed by atoms with van der Waals surface area (Å²) in [5.74, 6) is 1.29. The summed E-state index contributed by atoms with van der Waals surface area (Å²) in [5.41, 5.74) is 0.638. The summed E-state index contributed by atoms with van der Waals surface area (Å²) in [6.07, 6.45) is 0. The summed E-state index contributed by atoms with van der Waals surface area (Å²) in [6.45, 7) is 2.29. The van der Waals surface area contributed by atoms with E-state index in [4.69, 9.17) is 19.6 Å². The van der Waals surface area contributed by atoms with E-state index >= 15 is 0 Å². The molecule has 0 unspecified atom stereocenters. The third kappa shape index (κ3) is 2.66. The smallest absolute Gasteiger partial charge is 0.214 e. The lowest BCUT2D eigenvalue weighted by atomic mass is 10.2. The SMILES string of the molecule is CCOC(=N)c1cc(OC)c(OC)cc1Br. The molecule has 0 fully saturated rings. The standard InChI is InChI=1S/C11H14BrNO3/c1-4-16-11(13)7-5-9(14-2)10(15-3)6-8(7)12/h5-6,13H,4H2,1-3H3. The molecule has 0 saturated heterocycles. The zero-order valence-corrected chi connectivity index (χ0v) is 11.1. The molecular weight excluding hydrogens is 274 g/mol. The molecule has 1 aromatic rings. The van der Waals surface area contributed by atoms with Gasteiger partial charge in [0.2, 0.25) is 5.90 Å². The molecule has 0 heterocycles. The van der Waals surface area contributed by atoms with E-state index in [2.05, 4.69) is 15.9 Å². The van der Waals surface area contributed by atoms with E-state index in [1.807, 2.05) is 6.92 Å². The zero-order valence-electron chi connectivity index (χ0n) is 9.46. The van der Waals surface area contributed by atoms with Crippen molar-refractivity contribution in [3.63, 3.8) is 0 Å². The van der Waals surface area contributed by atoms with Crippen molar-refractivity contribution in [3.8, 4) is 11.5 Å². The first-order valence-electron chi connectivity index (χ1n) is 4.77. The molecule has 0 aromatic heterocycles. The number of hydrogen-bond donors (Lipinski definition) is 1. The predicted octanol–water partition coefficient (Wildman–Crippen LogP) is 2.83. The van der Waals surface area contributed by atoms with Gasteiger partial charge in [-0.05, 0) is 35.0 Å². The zero-order chi connectivity index (χ0) is 12.1. The minimum Gasteiger partial charge on any atom is -0.493 e. The molecule has 0 spiro atoms. The highest BCUT2D eigenvalue weighted by Gasteiger charge is 2.13. The van der Waals surface area contributed by atoms with Gasteiger partial charge in [-0.2, -0.15) is 0 Å². The van der Waals surface area contributed by atoms with E-state index in [9.17, 15) is 0 Å². The van der Waals surface area contributed by atoms with Gasteiger partial charge < -0.3 is 14.2 Å². The van der Waals surface area contributed by atoms with Gasteiger partial charge in [0.05, 0.1) is 26.4 Å². The molecule has 1 rings (SSSR count). The van der Waals surface area contributed by atoms with Crippen LogP contribution in [0.3, 0.4) is 0 Å². The lowest BCUT2D eigenvalue weighted by Gasteiger charge is -2.12. The molecule has 0 bridgehead atoms. The van der Waals surface area contributed by atoms with E-state index in [1.54, 1.807) is 26.4 Å². The van der Waals surface area contributed by atoms with Gasteiger partial charge in [-0.15, -0.1) is 0 Å². The number of methoxy groups -OCH3 is 2. The number of benzene rings is 1. The maximum absolute atomic E-state index is 7.72. The van der Waals surface area contributed by atoms with Crippen LogP contribution in [0.5, 0.6) is 11.5 Å². The number of nitrogens with one attached hydrogen (secondary N) is 1. The lowest BCUT2D eigenvalue weighted by Crippen LogP contribution is -2.06. The van der Waals surface area contributed by atoms with Crippen LogP contribution in [0.15, 0.2) is 16.6 Å². The summed E-state index contributed by atoms with van der Waals surface area (Å²) < 4.78 is 16.2. The number of halogens is 1. The van der Waals surface area contributed by atoms with Gasteiger partial charge >= 0.3 is 0 Å². The van der Waals surface area contributed by atoms with Crippen molar-refractivity contribution in [1.29, 1.82) is 5.41 Å². The average molecular weight is 288 g/mol. The monoisotopic (exact) mass is 287 g/mol. The van der Waals surface area contributed by atoms with Gasteiger partial charge in [-0.3, -0.25) is 5.41 Å². The lowest BCUT2D eigenvalue weighted by molar-refractivity contribution is 0.324. The van der Waals surface area contributed by atoms with E-state index in [0.29, 0.717) is 23.7 Å². The van der Waals surface area contributed by atoms with Gasteiger partial charge in [0.25, 0.3) is 0 Å². The minimum atomic E-state index is 0.107. The van der Waals surface area contributed by atoms with Crippen LogP contribution < -0.4 is 9.47 Å². The fourth-order valence-corrected chi connectivity index (χ4v) is 1.75. The van der Waals surface area contributed by atoms with Crippen LogP contribution in [0.4, 0.5) is 0 Å². The molecule has 0 amide bonds. The second kappa shape index (κ2) is 5.75. The van der Waals surface area contributed by atoms with Crippen molar-refractivity contribution in [2.75, 3.05) is 20.8 Å². The molecule has 1 aromatic carbocycles. The van der Waals surface area contributed by atoms with Crippen molar-refractivity contribution in [3.05, 3.63) is 22.2 Å². The highest BCUT2D eigenvalue weighted by molar-refractivity contribution is 9.10. The van der Waals surface area contributed by atoms with Crippen LogP contribution in [-0.2, 0) is 4.74 Å². The van der Waals surface area contributed by atoms with Crippen molar-refractivity contribution in [2.45, 2.75) is 6.92 Å². The Morgan fingerprint density at radius 3 is 2.31 bits per heavy atom. The van der Waals surface area contributed by atoms with E-state index < -0.39 is 0 Å². The third-order valence-electron chi connectivity index (χ3n) is 2.01. The van der Waals surface area contributed by atoms with E-state index in [1.165, 1.54) is 0 Å². The summed E-state index contributed by atoms with van der Waals surface area (Å²) >= 11 is 3.37. The maximum atomic E-state index is 7.72. The minimum absolute atomic E-state index is 0.107. The average Bonchev–Trinajstić information content (AvgIpc) is 2.28. The van der Waals surface area contributed by atoms with Crippen molar-refractivity contribution < 1.29 is 14.2 Å². The topological polar surface area (TPSA) is 51.5 Å². The van der Waals surface area contributed by atoms with E-state index in [0.717, 1.165) is 4.47 Å². The molecule has 4 nitrogen and oxygen atoms in total. The van der Waals surface area contributed by atoms with Gasteiger partial charge in [-0.1, -0.05) is 0 Å². The number of rotatable bonds is 4. The third-order valence-corrected chi connectivity index (χ3v) is 2.66. The highest BCUT2D eigenvalue weighted by atomic mass is 79.9. The predicted molar refractivity (Wildman–Crippen MR) is 65.7 cm³/mol. The van der Waals surface area contributed by atoms with Gasteiger partial charge in [0.15, 0.2) is 11.5 Å². The van der Waals surface area contributed by atoms with Crippen molar-refractivity contribution in [1.82, 2.24) is 0 Å². The van der Waals surface area contributed by atoms with Crippen LogP contribution in [0.25, 0.3) is 0 Å². The Hall–Kier alpha value is -1.23. The van der Waals surface area contributed by atoms with Gasteiger partial charge in [0, 0.05) is 4.47 Å². The molecule has 88 valence electrons. The summed E-state index contributed by atoms with van der Waals surface area (Å²) in [4.78, 5) is 0. The second-order valence-electron chi connectivity index (χ2n) is 2.95. The molecule has 5 heteroatoms. The molecule has 16 heavy (non-hydrogen) atoms. The molecular formula is C11H14BrNO3. The Morgan fingerprint density at radius 2 is 1.81 bits per heavy atom. The van der Waals surface area contributed by atoms with Crippen LogP contribution in [-0.4, -0.2) is 26.7 Å². The fourth-order valence-electron chi connectivity index (χ4n) is 1.25. The van der Waals surface area contributed by atoms with E-state index in [-0.39, 0.29) is 5.90 Å². The number of hydrogen-bond acceptors (Lipinski definition) is 4. The summed E-state index contributed by atoms with van der Waals surface area (Å²) in [6, 6.07) is 3.46. The molecule has 0 saturated carbocycles. The van der Waals surface area contributed by atoms with Crippen LogP contribution in [0.2, 0.25) is 0 Å². The highest BCUT2D eigenvalue weighted by Crippen LogP contribution is 2.33. The van der Waals surface area contributed by atoms with Crippen LogP contribution >= 0.6 is 15.9 Å². The van der Waals surface area contributed by atoms with Gasteiger partial charge in [0.1, 0.15) is 0 Å². The molecule has 0 aliphatic heterocycles. The Labute approximate surface area is 103 Å². The Balaban J connectivity index is 3.15. The van der Waals surface area contributed by atoms with Crippen molar-refractivity contribution >= 4 is 21.8 Å². The Morgan fingerprint density at radius 1 is 1.25 bits per heavy atom. The quantitative estimate of drug-likeness (QED) is 0.684.